The summed E-state index contributed by atoms with van der Waals surface area (Å²) < 4.78 is 5.21. The van der Waals surface area contributed by atoms with Crippen LogP contribution in [0.15, 0.2) is 53.7 Å². The van der Waals surface area contributed by atoms with Gasteiger partial charge >= 0.3 is 0 Å². The van der Waals surface area contributed by atoms with Crippen LogP contribution in [0.3, 0.4) is 0 Å². The van der Waals surface area contributed by atoms with Crippen molar-refractivity contribution in [3.63, 3.8) is 0 Å². The Morgan fingerprint density at radius 3 is 2.77 bits per heavy atom. The lowest BCUT2D eigenvalue weighted by molar-refractivity contribution is -0.119. The minimum absolute atomic E-state index is 0.102. The van der Waals surface area contributed by atoms with E-state index in [1.165, 1.54) is 5.56 Å². The monoisotopic (exact) mass is 371 g/mol. The molecule has 0 bridgehead atoms. The first-order valence-corrected chi connectivity index (χ1v) is 9.89. The number of thioether (sulfide) groups is 1. The lowest BCUT2D eigenvalue weighted by Gasteiger charge is -2.32. The molecular formula is C20H25N3O2S. The van der Waals surface area contributed by atoms with Crippen LogP contribution in [0.2, 0.25) is 0 Å². The number of nitrogens with one attached hydrogen (secondary N) is 1. The van der Waals surface area contributed by atoms with Crippen molar-refractivity contribution >= 4 is 17.7 Å². The highest BCUT2D eigenvalue weighted by atomic mass is 32.2. The lowest BCUT2D eigenvalue weighted by atomic mass is 10.0. The quantitative estimate of drug-likeness (QED) is 0.759. The molecule has 2 heterocycles. The molecule has 1 aromatic heterocycles. The van der Waals surface area contributed by atoms with E-state index in [1.807, 2.05) is 36.7 Å². The maximum absolute atomic E-state index is 12.2. The largest absolute Gasteiger partial charge is 0.497 e. The third-order valence-electron chi connectivity index (χ3n) is 4.52. The summed E-state index contributed by atoms with van der Waals surface area (Å²) in [5.41, 5.74) is 1.29. The summed E-state index contributed by atoms with van der Waals surface area (Å²) in [7, 11) is 1.65. The Kier molecular flexibility index (Phi) is 6.91. The number of benzene rings is 1. The van der Waals surface area contributed by atoms with Gasteiger partial charge in [0.1, 0.15) is 5.75 Å². The number of nitrogens with zero attached hydrogens (tertiary/aromatic N) is 2. The number of amides is 1. The van der Waals surface area contributed by atoms with Crippen molar-refractivity contribution in [1.29, 1.82) is 0 Å². The van der Waals surface area contributed by atoms with E-state index in [1.54, 1.807) is 18.9 Å². The number of hydrogen-bond acceptors (Lipinski definition) is 5. The summed E-state index contributed by atoms with van der Waals surface area (Å²) in [6.07, 6.45) is 5.67. The van der Waals surface area contributed by atoms with Crippen molar-refractivity contribution in [2.24, 2.45) is 0 Å². The first-order chi connectivity index (χ1) is 12.7. The van der Waals surface area contributed by atoms with Gasteiger partial charge in [-0.25, -0.2) is 0 Å². The number of aromatic nitrogens is 1. The van der Waals surface area contributed by atoms with Gasteiger partial charge in [-0.1, -0.05) is 6.07 Å². The van der Waals surface area contributed by atoms with Gasteiger partial charge in [0, 0.05) is 43.0 Å². The van der Waals surface area contributed by atoms with Crippen LogP contribution in [0.25, 0.3) is 0 Å². The molecule has 0 saturated carbocycles. The summed E-state index contributed by atoms with van der Waals surface area (Å²) in [5, 5.41) is 3.17. The molecule has 1 N–H and O–H groups in total. The standard InChI is InChI=1S/C20H25N3O2S/c1-25-18-3-2-4-19(13-18)26-15-20(24)22-17-7-11-23(12-8-17)14-16-5-9-21-10-6-16/h2-6,9-10,13,17H,7-8,11-12,14-15H2,1H3,(H,22,24). The van der Waals surface area contributed by atoms with Crippen LogP contribution in [0.4, 0.5) is 0 Å². The highest BCUT2D eigenvalue weighted by molar-refractivity contribution is 8.00. The van der Waals surface area contributed by atoms with Gasteiger partial charge in [-0.2, -0.15) is 0 Å². The van der Waals surface area contributed by atoms with Crippen LogP contribution in [0.5, 0.6) is 5.75 Å². The molecule has 1 fully saturated rings. The average Bonchev–Trinajstić information content (AvgIpc) is 2.69. The molecule has 1 aliphatic heterocycles. The van der Waals surface area contributed by atoms with Crippen LogP contribution < -0.4 is 10.1 Å². The van der Waals surface area contributed by atoms with E-state index in [2.05, 4.69) is 27.3 Å². The van der Waals surface area contributed by atoms with E-state index < -0.39 is 0 Å². The lowest BCUT2D eigenvalue weighted by Crippen LogP contribution is -2.44. The van der Waals surface area contributed by atoms with Crippen molar-refractivity contribution in [3.05, 3.63) is 54.4 Å². The zero-order chi connectivity index (χ0) is 18.2. The van der Waals surface area contributed by atoms with E-state index in [-0.39, 0.29) is 11.9 Å². The summed E-state index contributed by atoms with van der Waals surface area (Å²) in [4.78, 5) is 19.8. The Bertz CT molecular complexity index is 703. The molecule has 0 spiro atoms. The van der Waals surface area contributed by atoms with E-state index in [0.717, 1.165) is 43.1 Å². The Hall–Kier alpha value is -2.05. The molecule has 0 unspecified atom stereocenters. The molecular weight excluding hydrogens is 346 g/mol. The second-order valence-electron chi connectivity index (χ2n) is 6.44. The Balaban J connectivity index is 1.38. The summed E-state index contributed by atoms with van der Waals surface area (Å²) in [5.74, 6) is 1.35. The second-order valence-corrected chi connectivity index (χ2v) is 7.49. The predicted molar refractivity (Wildman–Crippen MR) is 104 cm³/mol. The Labute approximate surface area is 159 Å². The SMILES string of the molecule is COc1cccc(SCC(=O)NC2CCN(Cc3ccncc3)CC2)c1. The van der Waals surface area contributed by atoms with Crippen molar-refractivity contribution < 1.29 is 9.53 Å². The fourth-order valence-electron chi connectivity index (χ4n) is 3.09. The third kappa shape index (κ3) is 5.75. The molecule has 6 heteroatoms. The highest BCUT2D eigenvalue weighted by Crippen LogP contribution is 2.22. The molecule has 1 aromatic carbocycles. The molecule has 3 rings (SSSR count). The Morgan fingerprint density at radius 2 is 2.04 bits per heavy atom. The summed E-state index contributed by atoms with van der Waals surface area (Å²) in [6.45, 7) is 2.97. The topological polar surface area (TPSA) is 54.5 Å². The maximum Gasteiger partial charge on any atom is 0.230 e. The number of methoxy groups -OCH3 is 1. The fraction of sp³-hybridized carbons (Fsp3) is 0.400. The van der Waals surface area contributed by atoms with Crippen LogP contribution >= 0.6 is 11.8 Å². The molecule has 0 radical (unpaired) electrons. The summed E-state index contributed by atoms with van der Waals surface area (Å²) in [6, 6.07) is 12.2. The van der Waals surface area contributed by atoms with Gasteiger partial charge in [-0.3, -0.25) is 14.7 Å². The first-order valence-electron chi connectivity index (χ1n) is 8.90. The number of carbonyl (C=O) groups is 1. The van der Waals surface area contributed by atoms with Gasteiger partial charge in [0.25, 0.3) is 0 Å². The molecule has 5 nitrogen and oxygen atoms in total. The van der Waals surface area contributed by atoms with Gasteiger partial charge in [0.2, 0.25) is 5.91 Å². The van der Waals surface area contributed by atoms with Crippen LogP contribution in [-0.4, -0.2) is 47.8 Å². The van der Waals surface area contributed by atoms with Crippen LogP contribution in [-0.2, 0) is 11.3 Å². The second kappa shape index (κ2) is 9.59. The van der Waals surface area contributed by atoms with E-state index >= 15 is 0 Å². The maximum atomic E-state index is 12.2. The number of carbonyl (C=O) groups excluding carboxylic acids is 1. The fourth-order valence-corrected chi connectivity index (χ4v) is 3.85. The number of pyridine rings is 1. The highest BCUT2D eigenvalue weighted by Gasteiger charge is 2.20. The molecule has 26 heavy (non-hydrogen) atoms. The normalized spacial score (nSPS) is 15.6. The smallest absolute Gasteiger partial charge is 0.230 e. The number of likely N-dealkylation sites (tertiary alicyclic amines) is 1. The van der Waals surface area contributed by atoms with Gasteiger partial charge in [-0.15, -0.1) is 11.8 Å². The molecule has 138 valence electrons. The first kappa shape index (κ1) is 18.7. The number of piperidine rings is 1. The predicted octanol–water partition coefficient (Wildman–Crippen LogP) is 2.96. The van der Waals surface area contributed by atoms with Crippen molar-refractivity contribution in [3.8, 4) is 5.75 Å². The summed E-state index contributed by atoms with van der Waals surface area (Å²) >= 11 is 1.54. The van der Waals surface area contributed by atoms with Gasteiger partial charge in [0.05, 0.1) is 12.9 Å². The van der Waals surface area contributed by atoms with Crippen molar-refractivity contribution in [2.45, 2.75) is 30.3 Å². The van der Waals surface area contributed by atoms with Gasteiger partial charge in [-0.05, 0) is 48.7 Å². The molecule has 1 amide bonds. The van der Waals surface area contributed by atoms with E-state index in [0.29, 0.717) is 5.75 Å². The van der Waals surface area contributed by atoms with Crippen molar-refractivity contribution in [2.75, 3.05) is 26.0 Å². The number of ether oxygens (including phenoxy) is 1. The zero-order valence-electron chi connectivity index (χ0n) is 15.1. The van der Waals surface area contributed by atoms with Crippen LogP contribution in [0.1, 0.15) is 18.4 Å². The molecule has 0 aliphatic carbocycles. The van der Waals surface area contributed by atoms with Gasteiger partial charge in [0.15, 0.2) is 0 Å². The zero-order valence-corrected chi connectivity index (χ0v) is 15.9. The Morgan fingerprint density at radius 1 is 1.27 bits per heavy atom. The number of hydrogen-bond donors (Lipinski definition) is 1. The van der Waals surface area contributed by atoms with Crippen LogP contribution in [0, 0.1) is 0 Å². The number of rotatable bonds is 7. The van der Waals surface area contributed by atoms with Crippen molar-refractivity contribution in [1.82, 2.24) is 15.2 Å². The molecule has 2 aromatic rings. The third-order valence-corrected chi connectivity index (χ3v) is 5.51. The average molecular weight is 372 g/mol. The van der Waals surface area contributed by atoms with E-state index in [4.69, 9.17) is 4.74 Å². The molecule has 1 aliphatic rings. The minimum atomic E-state index is 0.102. The molecule has 1 saturated heterocycles. The molecule has 0 atom stereocenters. The van der Waals surface area contributed by atoms with E-state index in [9.17, 15) is 4.79 Å². The van der Waals surface area contributed by atoms with Gasteiger partial charge < -0.3 is 10.1 Å². The minimum Gasteiger partial charge on any atom is -0.497 e.